The third-order valence-corrected chi connectivity index (χ3v) is 4.16. The van der Waals surface area contributed by atoms with E-state index in [0.717, 1.165) is 12.3 Å². The quantitative estimate of drug-likeness (QED) is 0.638. The SMILES string of the molecule is SCCCCN1CCc2c([nH]c3ccccc23)C1. The van der Waals surface area contributed by atoms with Crippen molar-refractivity contribution in [2.24, 2.45) is 0 Å². The number of hydrogen-bond acceptors (Lipinski definition) is 2. The molecule has 0 spiro atoms. The summed E-state index contributed by atoms with van der Waals surface area (Å²) in [6, 6.07) is 8.66. The van der Waals surface area contributed by atoms with Gasteiger partial charge in [0.2, 0.25) is 0 Å². The van der Waals surface area contributed by atoms with Crippen molar-refractivity contribution in [3.8, 4) is 0 Å². The van der Waals surface area contributed by atoms with Crippen molar-refractivity contribution in [3.63, 3.8) is 0 Å². The highest BCUT2D eigenvalue weighted by molar-refractivity contribution is 7.80. The summed E-state index contributed by atoms with van der Waals surface area (Å²) in [6.07, 6.45) is 3.67. The van der Waals surface area contributed by atoms with Crippen LogP contribution in [0.15, 0.2) is 24.3 Å². The van der Waals surface area contributed by atoms with Crippen LogP contribution < -0.4 is 0 Å². The molecular formula is C15H20N2S. The smallest absolute Gasteiger partial charge is 0.0459 e. The lowest BCUT2D eigenvalue weighted by Gasteiger charge is -2.26. The van der Waals surface area contributed by atoms with Gasteiger partial charge in [0.25, 0.3) is 0 Å². The highest BCUT2D eigenvalue weighted by atomic mass is 32.1. The second-order valence-electron chi connectivity index (χ2n) is 5.08. The first-order valence-electron chi connectivity index (χ1n) is 6.80. The second kappa shape index (κ2) is 5.37. The standard InChI is InChI=1S/C15H20N2S/c18-10-4-3-8-17-9-7-13-12-5-1-2-6-14(12)16-15(13)11-17/h1-2,5-6,16,18H,3-4,7-11H2. The summed E-state index contributed by atoms with van der Waals surface area (Å²) in [4.78, 5) is 6.14. The number of nitrogens with zero attached hydrogens (tertiary/aromatic N) is 1. The molecule has 96 valence electrons. The maximum absolute atomic E-state index is 4.27. The predicted octanol–water partition coefficient (Wildman–Crippen LogP) is 3.24. The molecule has 2 heterocycles. The Balaban J connectivity index is 1.76. The van der Waals surface area contributed by atoms with Gasteiger partial charge < -0.3 is 4.98 Å². The molecule has 1 aliphatic heterocycles. The van der Waals surface area contributed by atoms with Crippen LogP contribution in [0.3, 0.4) is 0 Å². The molecule has 0 atom stereocenters. The second-order valence-corrected chi connectivity index (χ2v) is 5.53. The molecule has 2 nitrogen and oxygen atoms in total. The van der Waals surface area contributed by atoms with E-state index < -0.39 is 0 Å². The van der Waals surface area contributed by atoms with Crippen LogP contribution in [0.4, 0.5) is 0 Å². The molecule has 18 heavy (non-hydrogen) atoms. The van der Waals surface area contributed by atoms with Crippen LogP contribution in [0.1, 0.15) is 24.1 Å². The van der Waals surface area contributed by atoms with E-state index in [1.807, 2.05) is 0 Å². The molecule has 0 bridgehead atoms. The van der Waals surface area contributed by atoms with Gasteiger partial charge in [-0.05, 0) is 43.2 Å². The van der Waals surface area contributed by atoms with Gasteiger partial charge in [-0.1, -0.05) is 18.2 Å². The van der Waals surface area contributed by atoms with Crippen molar-refractivity contribution in [1.29, 1.82) is 0 Å². The van der Waals surface area contributed by atoms with Gasteiger partial charge in [-0.25, -0.2) is 0 Å². The summed E-state index contributed by atoms with van der Waals surface area (Å²) >= 11 is 4.27. The van der Waals surface area contributed by atoms with E-state index in [0.29, 0.717) is 0 Å². The minimum atomic E-state index is 1.01. The number of para-hydroxylation sites is 1. The zero-order valence-electron chi connectivity index (χ0n) is 10.7. The van der Waals surface area contributed by atoms with Crippen LogP contribution >= 0.6 is 12.6 Å². The van der Waals surface area contributed by atoms with Gasteiger partial charge in [0.05, 0.1) is 0 Å². The van der Waals surface area contributed by atoms with E-state index in [-0.39, 0.29) is 0 Å². The third kappa shape index (κ3) is 2.29. The van der Waals surface area contributed by atoms with Crippen molar-refractivity contribution >= 4 is 23.5 Å². The van der Waals surface area contributed by atoms with Gasteiger partial charge in [0, 0.05) is 29.7 Å². The number of H-pyrrole nitrogens is 1. The number of unbranched alkanes of at least 4 members (excludes halogenated alkanes) is 1. The van der Waals surface area contributed by atoms with Gasteiger partial charge in [-0.3, -0.25) is 4.90 Å². The largest absolute Gasteiger partial charge is 0.357 e. The van der Waals surface area contributed by atoms with E-state index in [9.17, 15) is 0 Å². The molecular weight excluding hydrogens is 240 g/mol. The molecule has 1 aliphatic rings. The van der Waals surface area contributed by atoms with Crippen molar-refractivity contribution in [2.45, 2.75) is 25.8 Å². The topological polar surface area (TPSA) is 19.0 Å². The molecule has 0 aliphatic carbocycles. The molecule has 0 saturated heterocycles. The van der Waals surface area contributed by atoms with Crippen LogP contribution in [-0.4, -0.2) is 28.7 Å². The van der Waals surface area contributed by atoms with Gasteiger partial charge in [0.1, 0.15) is 0 Å². The molecule has 0 fully saturated rings. The number of thiol groups is 1. The number of hydrogen-bond donors (Lipinski definition) is 2. The van der Waals surface area contributed by atoms with Crippen LogP contribution in [0.5, 0.6) is 0 Å². The molecule has 0 radical (unpaired) electrons. The van der Waals surface area contributed by atoms with Crippen LogP contribution in [0.25, 0.3) is 10.9 Å². The highest BCUT2D eigenvalue weighted by Gasteiger charge is 2.19. The number of fused-ring (bicyclic) bond motifs is 3. The molecule has 3 heteroatoms. The van der Waals surface area contributed by atoms with Crippen molar-refractivity contribution in [3.05, 3.63) is 35.5 Å². The van der Waals surface area contributed by atoms with Crippen molar-refractivity contribution in [1.82, 2.24) is 9.88 Å². The minimum Gasteiger partial charge on any atom is -0.357 e. The predicted molar refractivity (Wildman–Crippen MR) is 80.4 cm³/mol. The Kier molecular flexibility index (Phi) is 3.62. The molecule has 0 unspecified atom stereocenters. The van der Waals surface area contributed by atoms with E-state index in [1.165, 1.54) is 54.5 Å². The number of benzene rings is 1. The van der Waals surface area contributed by atoms with Gasteiger partial charge in [-0.2, -0.15) is 12.6 Å². The molecule has 0 amide bonds. The zero-order valence-corrected chi connectivity index (χ0v) is 11.5. The average molecular weight is 260 g/mol. The van der Waals surface area contributed by atoms with E-state index in [4.69, 9.17) is 0 Å². The Bertz CT molecular complexity index is 532. The Morgan fingerprint density at radius 2 is 2.11 bits per heavy atom. The number of rotatable bonds is 4. The van der Waals surface area contributed by atoms with Gasteiger partial charge in [-0.15, -0.1) is 0 Å². The molecule has 1 aromatic carbocycles. The van der Waals surface area contributed by atoms with Crippen molar-refractivity contribution in [2.75, 3.05) is 18.8 Å². The first-order chi connectivity index (χ1) is 8.88. The molecule has 3 rings (SSSR count). The lowest BCUT2D eigenvalue weighted by molar-refractivity contribution is 0.248. The maximum atomic E-state index is 4.27. The van der Waals surface area contributed by atoms with Crippen LogP contribution in [0, 0.1) is 0 Å². The summed E-state index contributed by atoms with van der Waals surface area (Å²) in [5, 5.41) is 1.42. The summed E-state index contributed by atoms with van der Waals surface area (Å²) in [5.74, 6) is 1.01. The Hall–Kier alpha value is -0.930. The summed E-state index contributed by atoms with van der Waals surface area (Å²) < 4.78 is 0. The Morgan fingerprint density at radius 1 is 1.22 bits per heavy atom. The average Bonchev–Trinajstić information content (AvgIpc) is 2.76. The first-order valence-corrected chi connectivity index (χ1v) is 7.43. The van der Waals surface area contributed by atoms with Gasteiger partial charge in [0.15, 0.2) is 0 Å². The number of aromatic amines is 1. The molecule has 1 N–H and O–H groups in total. The van der Waals surface area contributed by atoms with Crippen LogP contribution in [0.2, 0.25) is 0 Å². The molecule has 2 aromatic rings. The Labute approximate surface area is 114 Å². The minimum absolute atomic E-state index is 1.01. The molecule has 0 saturated carbocycles. The lowest BCUT2D eigenvalue weighted by Crippen LogP contribution is -2.31. The van der Waals surface area contributed by atoms with E-state index in [1.54, 1.807) is 0 Å². The number of nitrogens with one attached hydrogen (secondary N) is 1. The molecule has 1 aromatic heterocycles. The van der Waals surface area contributed by atoms with E-state index in [2.05, 4.69) is 46.8 Å². The van der Waals surface area contributed by atoms with Gasteiger partial charge >= 0.3 is 0 Å². The fourth-order valence-corrected chi connectivity index (χ4v) is 3.11. The lowest BCUT2D eigenvalue weighted by atomic mass is 10.0. The number of aromatic nitrogens is 1. The maximum Gasteiger partial charge on any atom is 0.0459 e. The fraction of sp³-hybridized carbons (Fsp3) is 0.467. The van der Waals surface area contributed by atoms with Crippen LogP contribution in [-0.2, 0) is 13.0 Å². The highest BCUT2D eigenvalue weighted by Crippen LogP contribution is 2.27. The first kappa shape index (κ1) is 12.1. The summed E-state index contributed by atoms with van der Waals surface area (Å²) in [7, 11) is 0. The van der Waals surface area contributed by atoms with Crippen molar-refractivity contribution < 1.29 is 0 Å². The third-order valence-electron chi connectivity index (χ3n) is 3.84. The zero-order chi connectivity index (χ0) is 12.4. The van der Waals surface area contributed by atoms with E-state index >= 15 is 0 Å². The normalized spacial score (nSPS) is 16.1. The summed E-state index contributed by atoms with van der Waals surface area (Å²) in [5.41, 5.74) is 4.25. The monoisotopic (exact) mass is 260 g/mol. The Morgan fingerprint density at radius 3 is 3.00 bits per heavy atom. The summed E-state index contributed by atoms with van der Waals surface area (Å²) in [6.45, 7) is 3.48. The fourth-order valence-electron chi connectivity index (χ4n) is 2.89.